The molecule has 0 saturated heterocycles. The summed E-state index contributed by atoms with van der Waals surface area (Å²) in [4.78, 5) is 12.0. The molecule has 27 heavy (non-hydrogen) atoms. The highest BCUT2D eigenvalue weighted by Gasteiger charge is 2.07. The fourth-order valence-corrected chi connectivity index (χ4v) is 2.53. The van der Waals surface area contributed by atoms with Crippen LogP contribution in [0, 0.1) is 0 Å². The second-order valence-electron chi connectivity index (χ2n) is 5.54. The molecule has 1 amide bonds. The maximum atomic E-state index is 12.0. The van der Waals surface area contributed by atoms with Gasteiger partial charge in [-0.3, -0.25) is 4.79 Å². The molecule has 3 aromatic carbocycles. The van der Waals surface area contributed by atoms with E-state index in [0.717, 1.165) is 0 Å². The first-order chi connectivity index (χ1) is 13.2. The molecule has 3 aromatic rings. The predicted octanol–water partition coefficient (Wildman–Crippen LogP) is 5.16. The van der Waals surface area contributed by atoms with E-state index in [-0.39, 0.29) is 12.5 Å². The number of hydrogen-bond donors (Lipinski definition) is 1. The lowest BCUT2D eigenvalue weighted by Gasteiger charge is -2.11. The lowest BCUT2D eigenvalue weighted by Crippen LogP contribution is -2.20. The summed E-state index contributed by atoms with van der Waals surface area (Å²) >= 11 is 5.99. The van der Waals surface area contributed by atoms with Crippen LogP contribution in [0.2, 0.25) is 5.02 Å². The van der Waals surface area contributed by atoms with E-state index in [1.165, 1.54) is 0 Å². The molecule has 0 aliphatic rings. The standard InChI is InChI=1S/C21H18ClNO4/c1-25-19-8-4-5-9-20(19)27-16-12-10-15(11-13-16)23-21(24)14-26-18-7-3-2-6-17(18)22/h2-13H,14H2,1H3,(H,23,24). The molecule has 0 atom stereocenters. The number of carbonyl (C=O) groups is 1. The highest BCUT2D eigenvalue weighted by molar-refractivity contribution is 6.32. The molecule has 0 radical (unpaired) electrons. The van der Waals surface area contributed by atoms with Crippen LogP contribution in [0.25, 0.3) is 0 Å². The third-order valence-corrected chi connectivity index (χ3v) is 3.94. The molecule has 0 fully saturated rings. The Morgan fingerprint density at radius 2 is 1.52 bits per heavy atom. The zero-order valence-corrected chi connectivity index (χ0v) is 15.4. The molecule has 0 aliphatic carbocycles. The summed E-state index contributed by atoms with van der Waals surface area (Å²) < 4.78 is 16.5. The van der Waals surface area contributed by atoms with Crippen LogP contribution in [0.15, 0.2) is 72.8 Å². The van der Waals surface area contributed by atoms with Gasteiger partial charge in [0.25, 0.3) is 5.91 Å². The van der Waals surface area contributed by atoms with E-state index >= 15 is 0 Å². The van der Waals surface area contributed by atoms with Crippen LogP contribution >= 0.6 is 11.6 Å². The molecule has 3 rings (SSSR count). The van der Waals surface area contributed by atoms with Crippen molar-refractivity contribution in [3.8, 4) is 23.0 Å². The number of nitrogens with one attached hydrogen (secondary N) is 1. The minimum Gasteiger partial charge on any atom is -0.493 e. The number of benzene rings is 3. The van der Waals surface area contributed by atoms with Crippen LogP contribution in [-0.4, -0.2) is 19.6 Å². The number of methoxy groups -OCH3 is 1. The second-order valence-corrected chi connectivity index (χ2v) is 5.95. The molecule has 1 N–H and O–H groups in total. The van der Waals surface area contributed by atoms with Crippen molar-refractivity contribution in [2.24, 2.45) is 0 Å². The van der Waals surface area contributed by atoms with Crippen LogP contribution < -0.4 is 19.5 Å². The molecule has 0 heterocycles. The number of rotatable bonds is 7. The van der Waals surface area contributed by atoms with Crippen molar-refractivity contribution in [3.63, 3.8) is 0 Å². The Hall–Kier alpha value is -3.18. The van der Waals surface area contributed by atoms with Gasteiger partial charge in [-0.1, -0.05) is 35.9 Å². The molecule has 138 valence electrons. The van der Waals surface area contributed by atoms with Gasteiger partial charge in [0, 0.05) is 5.69 Å². The number of ether oxygens (including phenoxy) is 3. The number of carbonyl (C=O) groups excluding carboxylic acids is 1. The van der Waals surface area contributed by atoms with E-state index in [0.29, 0.717) is 33.7 Å². The minimum absolute atomic E-state index is 0.136. The molecule has 0 unspecified atom stereocenters. The van der Waals surface area contributed by atoms with Gasteiger partial charge in [-0.15, -0.1) is 0 Å². The molecule has 0 bridgehead atoms. The van der Waals surface area contributed by atoms with Crippen molar-refractivity contribution in [3.05, 3.63) is 77.8 Å². The number of amides is 1. The Kier molecular flexibility index (Phi) is 6.18. The van der Waals surface area contributed by atoms with Gasteiger partial charge in [0.1, 0.15) is 11.5 Å². The summed E-state index contributed by atoms with van der Waals surface area (Å²) in [5, 5.41) is 3.22. The molecular weight excluding hydrogens is 366 g/mol. The molecule has 0 aliphatic heterocycles. The van der Waals surface area contributed by atoms with Crippen molar-refractivity contribution in [1.29, 1.82) is 0 Å². The molecule has 0 spiro atoms. The zero-order valence-electron chi connectivity index (χ0n) is 14.6. The van der Waals surface area contributed by atoms with Crippen LogP contribution in [0.5, 0.6) is 23.0 Å². The quantitative estimate of drug-likeness (QED) is 0.612. The summed E-state index contributed by atoms with van der Waals surface area (Å²) in [6, 6.07) is 21.4. The highest BCUT2D eigenvalue weighted by atomic mass is 35.5. The summed E-state index contributed by atoms with van der Waals surface area (Å²) in [5.41, 5.74) is 0.634. The maximum Gasteiger partial charge on any atom is 0.262 e. The number of hydrogen-bond acceptors (Lipinski definition) is 4. The van der Waals surface area contributed by atoms with Crippen LogP contribution in [0.1, 0.15) is 0 Å². The Bertz CT molecular complexity index is 912. The van der Waals surface area contributed by atoms with Crippen molar-refractivity contribution in [2.75, 3.05) is 19.0 Å². The summed E-state index contributed by atoms with van der Waals surface area (Å²) in [7, 11) is 1.59. The van der Waals surface area contributed by atoms with Crippen molar-refractivity contribution in [2.45, 2.75) is 0 Å². The molecular formula is C21H18ClNO4. The normalized spacial score (nSPS) is 10.1. The third-order valence-electron chi connectivity index (χ3n) is 3.63. The van der Waals surface area contributed by atoms with Crippen molar-refractivity contribution < 1.29 is 19.0 Å². The average molecular weight is 384 g/mol. The van der Waals surface area contributed by atoms with Gasteiger partial charge < -0.3 is 19.5 Å². The first kappa shape index (κ1) is 18.6. The van der Waals surface area contributed by atoms with Gasteiger partial charge in [0.05, 0.1) is 12.1 Å². The van der Waals surface area contributed by atoms with Gasteiger partial charge in [-0.25, -0.2) is 0 Å². The lowest BCUT2D eigenvalue weighted by molar-refractivity contribution is -0.118. The average Bonchev–Trinajstić information content (AvgIpc) is 2.69. The minimum atomic E-state index is -0.284. The maximum absolute atomic E-state index is 12.0. The second kappa shape index (κ2) is 8.96. The fraction of sp³-hybridized carbons (Fsp3) is 0.0952. The van der Waals surface area contributed by atoms with Gasteiger partial charge in [0.2, 0.25) is 0 Å². The van der Waals surface area contributed by atoms with Crippen LogP contribution in [0.3, 0.4) is 0 Å². The Morgan fingerprint density at radius 1 is 0.889 bits per heavy atom. The van der Waals surface area contributed by atoms with E-state index in [4.69, 9.17) is 25.8 Å². The highest BCUT2D eigenvalue weighted by Crippen LogP contribution is 2.31. The number of anilines is 1. The summed E-state index contributed by atoms with van der Waals surface area (Å²) in [6.45, 7) is -0.136. The van der Waals surface area contributed by atoms with E-state index < -0.39 is 0 Å². The summed E-state index contributed by atoms with van der Waals surface area (Å²) in [5.74, 6) is 2.07. The number of para-hydroxylation sites is 3. The first-order valence-corrected chi connectivity index (χ1v) is 8.61. The van der Waals surface area contributed by atoms with Crippen molar-refractivity contribution >= 4 is 23.2 Å². The Labute approximate surface area is 162 Å². The molecule has 0 aromatic heterocycles. The summed E-state index contributed by atoms with van der Waals surface area (Å²) in [6.07, 6.45) is 0. The Balaban J connectivity index is 1.55. The van der Waals surface area contributed by atoms with E-state index in [1.54, 1.807) is 55.6 Å². The topological polar surface area (TPSA) is 56.8 Å². The van der Waals surface area contributed by atoms with E-state index in [9.17, 15) is 4.79 Å². The SMILES string of the molecule is COc1ccccc1Oc1ccc(NC(=O)COc2ccccc2Cl)cc1. The zero-order chi connectivity index (χ0) is 19.1. The van der Waals surface area contributed by atoms with Crippen molar-refractivity contribution in [1.82, 2.24) is 0 Å². The molecule has 6 heteroatoms. The lowest BCUT2D eigenvalue weighted by atomic mass is 10.3. The Morgan fingerprint density at radius 3 is 2.19 bits per heavy atom. The fourth-order valence-electron chi connectivity index (χ4n) is 2.34. The van der Waals surface area contributed by atoms with Gasteiger partial charge in [-0.05, 0) is 48.5 Å². The third kappa shape index (κ3) is 5.15. The van der Waals surface area contributed by atoms with Gasteiger partial charge in [0.15, 0.2) is 18.1 Å². The predicted molar refractivity (Wildman–Crippen MR) is 105 cm³/mol. The van der Waals surface area contributed by atoms with E-state index in [1.807, 2.05) is 24.3 Å². The smallest absolute Gasteiger partial charge is 0.262 e. The van der Waals surface area contributed by atoms with Crippen LogP contribution in [0.4, 0.5) is 5.69 Å². The first-order valence-electron chi connectivity index (χ1n) is 8.24. The molecule has 5 nitrogen and oxygen atoms in total. The largest absolute Gasteiger partial charge is 0.493 e. The molecule has 0 saturated carbocycles. The van der Waals surface area contributed by atoms with Crippen LogP contribution in [-0.2, 0) is 4.79 Å². The van der Waals surface area contributed by atoms with Gasteiger partial charge in [-0.2, -0.15) is 0 Å². The van der Waals surface area contributed by atoms with E-state index in [2.05, 4.69) is 5.32 Å². The monoisotopic (exact) mass is 383 g/mol. The number of halogens is 1. The van der Waals surface area contributed by atoms with Gasteiger partial charge >= 0.3 is 0 Å².